The molecule has 4 bridgehead atoms. The molecular weight excluding hydrogens is 229 g/mol. The molecule has 4 heterocycles. The Kier molecular flexibility index (Phi) is 2.16. The van der Waals surface area contributed by atoms with Crippen LogP contribution in [-0.2, 0) is 0 Å². The second-order valence-electron chi connectivity index (χ2n) is 5.96. The lowest BCUT2D eigenvalue weighted by molar-refractivity contribution is -0.933. The highest BCUT2D eigenvalue weighted by atomic mass is 31.1. The summed E-state index contributed by atoms with van der Waals surface area (Å²) in [5.74, 6) is 0. The molecule has 4 saturated heterocycles. The van der Waals surface area contributed by atoms with Crippen molar-refractivity contribution in [3.05, 3.63) is 35.9 Å². The molecule has 2 atom stereocenters. The maximum Gasteiger partial charge on any atom is 0.138 e. The number of hydrogen-bond acceptors (Lipinski definition) is 2. The smallest absolute Gasteiger partial charge is 0.138 e. The Bertz CT molecular complexity index is 420. The molecule has 4 fully saturated rings. The van der Waals surface area contributed by atoms with E-state index in [0.29, 0.717) is 6.17 Å². The van der Waals surface area contributed by atoms with Crippen molar-refractivity contribution in [1.29, 1.82) is 0 Å². The first-order valence-electron chi connectivity index (χ1n) is 6.33. The van der Waals surface area contributed by atoms with Crippen molar-refractivity contribution in [3.8, 4) is 0 Å². The third-order valence-corrected chi connectivity index (χ3v) is 6.75. The largest absolute Gasteiger partial charge is 0.297 e. The summed E-state index contributed by atoms with van der Waals surface area (Å²) in [5.41, 5.74) is 1.48. The standard InChI is InChI=1S/C13H19N3P/c1-16-7-14-9-17(11-16)10-15(8-16)13(14)12-5-3-2-4-6-12/h2-6,13H,7-11H2,1H3/q+1. The van der Waals surface area contributed by atoms with Gasteiger partial charge in [0.25, 0.3) is 0 Å². The van der Waals surface area contributed by atoms with Crippen molar-refractivity contribution < 1.29 is 4.48 Å². The summed E-state index contributed by atoms with van der Waals surface area (Å²) in [6, 6.07) is 11.0. The lowest BCUT2D eigenvalue weighted by Gasteiger charge is -2.62. The van der Waals surface area contributed by atoms with E-state index in [9.17, 15) is 0 Å². The first-order chi connectivity index (χ1) is 8.23. The Morgan fingerprint density at radius 2 is 1.76 bits per heavy atom. The average Bonchev–Trinajstić information content (AvgIpc) is 2.27. The van der Waals surface area contributed by atoms with Gasteiger partial charge in [0.2, 0.25) is 0 Å². The lowest BCUT2D eigenvalue weighted by Crippen LogP contribution is -2.71. The summed E-state index contributed by atoms with van der Waals surface area (Å²) in [4.78, 5) is 5.41. The number of hydrogen-bond donors (Lipinski definition) is 0. The Labute approximate surface area is 104 Å². The van der Waals surface area contributed by atoms with Crippen LogP contribution in [0.25, 0.3) is 0 Å². The van der Waals surface area contributed by atoms with Gasteiger partial charge in [-0.15, -0.1) is 0 Å². The van der Waals surface area contributed by atoms with Gasteiger partial charge >= 0.3 is 0 Å². The fraction of sp³-hybridized carbons (Fsp3) is 0.538. The molecule has 0 radical (unpaired) electrons. The zero-order valence-electron chi connectivity index (χ0n) is 10.3. The predicted octanol–water partition coefficient (Wildman–Crippen LogP) is 2.05. The topological polar surface area (TPSA) is 6.48 Å². The van der Waals surface area contributed by atoms with Crippen molar-refractivity contribution in [1.82, 2.24) is 9.80 Å². The molecule has 1 aromatic rings. The van der Waals surface area contributed by atoms with Crippen LogP contribution >= 0.6 is 7.92 Å². The van der Waals surface area contributed by atoms with Crippen LogP contribution in [0.1, 0.15) is 11.7 Å². The normalized spacial score (nSPS) is 47.4. The molecule has 0 amide bonds. The molecule has 17 heavy (non-hydrogen) atoms. The molecule has 0 N–H and O–H groups in total. The summed E-state index contributed by atoms with van der Waals surface area (Å²) in [6.07, 6.45) is 4.73. The Morgan fingerprint density at radius 1 is 1.12 bits per heavy atom. The quantitative estimate of drug-likeness (QED) is 0.554. The molecule has 4 aliphatic rings. The molecular formula is C13H19N3P+. The van der Waals surface area contributed by atoms with Gasteiger partial charge in [-0.3, -0.25) is 4.48 Å². The molecule has 4 aliphatic heterocycles. The van der Waals surface area contributed by atoms with E-state index >= 15 is 0 Å². The number of quaternary nitrogens is 1. The first-order valence-corrected chi connectivity index (χ1v) is 8.22. The monoisotopic (exact) mass is 248 g/mol. The van der Waals surface area contributed by atoms with E-state index in [4.69, 9.17) is 0 Å². The summed E-state index contributed by atoms with van der Waals surface area (Å²) in [5, 5.41) is 0. The van der Waals surface area contributed by atoms with E-state index < -0.39 is 0 Å². The lowest BCUT2D eigenvalue weighted by atomic mass is 10.1. The zero-order chi connectivity index (χ0) is 11.5. The molecule has 0 aromatic heterocycles. The number of nitrogens with zero attached hydrogens (tertiary/aromatic N) is 3. The SMILES string of the molecule is C[N+]12CN3CP(CN(C1)C3c1ccccc1)C2. The summed E-state index contributed by atoms with van der Waals surface area (Å²) < 4.78 is 1.26. The van der Waals surface area contributed by atoms with E-state index in [1.807, 2.05) is 0 Å². The maximum absolute atomic E-state index is 2.71. The Balaban J connectivity index is 1.71. The van der Waals surface area contributed by atoms with Gasteiger partial charge in [-0.1, -0.05) is 30.3 Å². The molecule has 2 unspecified atom stereocenters. The summed E-state index contributed by atoms with van der Waals surface area (Å²) in [6.45, 7) is 2.49. The van der Waals surface area contributed by atoms with Crippen LogP contribution in [0.4, 0.5) is 0 Å². The van der Waals surface area contributed by atoms with Gasteiger partial charge in [0.05, 0.1) is 13.2 Å². The second-order valence-corrected chi connectivity index (χ2v) is 8.15. The highest BCUT2D eigenvalue weighted by molar-refractivity contribution is 7.57. The molecule has 4 heteroatoms. The van der Waals surface area contributed by atoms with Gasteiger partial charge in [-0.25, -0.2) is 9.80 Å². The van der Waals surface area contributed by atoms with E-state index in [1.54, 1.807) is 0 Å². The summed E-state index contributed by atoms with van der Waals surface area (Å²) >= 11 is 0. The molecule has 5 rings (SSSR count). The van der Waals surface area contributed by atoms with E-state index in [2.05, 4.69) is 47.2 Å². The molecule has 3 nitrogen and oxygen atoms in total. The van der Waals surface area contributed by atoms with Crippen molar-refractivity contribution in [2.45, 2.75) is 6.17 Å². The zero-order valence-corrected chi connectivity index (χ0v) is 11.2. The van der Waals surface area contributed by atoms with Crippen LogP contribution < -0.4 is 0 Å². The molecule has 0 saturated carbocycles. The third kappa shape index (κ3) is 1.57. The van der Waals surface area contributed by atoms with Gasteiger partial charge in [0.1, 0.15) is 19.6 Å². The molecule has 90 valence electrons. The van der Waals surface area contributed by atoms with Crippen LogP contribution in [0.15, 0.2) is 30.3 Å². The van der Waals surface area contributed by atoms with E-state index in [1.165, 1.54) is 42.2 Å². The van der Waals surface area contributed by atoms with Crippen molar-refractivity contribution in [2.24, 2.45) is 0 Å². The van der Waals surface area contributed by atoms with E-state index in [-0.39, 0.29) is 7.92 Å². The maximum atomic E-state index is 2.71. The third-order valence-electron chi connectivity index (χ3n) is 4.14. The van der Waals surface area contributed by atoms with Crippen molar-refractivity contribution in [3.63, 3.8) is 0 Å². The van der Waals surface area contributed by atoms with Gasteiger partial charge in [-0.2, -0.15) is 0 Å². The van der Waals surface area contributed by atoms with E-state index in [0.717, 1.165) is 0 Å². The Hall–Kier alpha value is -0.470. The fourth-order valence-electron chi connectivity index (χ4n) is 3.82. The van der Waals surface area contributed by atoms with Gasteiger partial charge in [0, 0.05) is 12.6 Å². The Morgan fingerprint density at radius 3 is 2.35 bits per heavy atom. The minimum absolute atomic E-state index is 0.247. The van der Waals surface area contributed by atoms with Gasteiger partial charge < -0.3 is 0 Å². The average molecular weight is 248 g/mol. The minimum atomic E-state index is 0.247. The number of rotatable bonds is 1. The van der Waals surface area contributed by atoms with Crippen molar-refractivity contribution in [2.75, 3.05) is 39.2 Å². The van der Waals surface area contributed by atoms with Crippen LogP contribution in [0.2, 0.25) is 0 Å². The van der Waals surface area contributed by atoms with Gasteiger partial charge in [0.15, 0.2) is 0 Å². The molecule has 0 aliphatic carbocycles. The van der Waals surface area contributed by atoms with Crippen LogP contribution in [0.3, 0.4) is 0 Å². The van der Waals surface area contributed by atoms with Gasteiger partial charge in [-0.05, 0) is 13.5 Å². The molecule has 1 aromatic carbocycles. The fourth-order valence-corrected chi connectivity index (χ4v) is 6.75. The highest BCUT2D eigenvalue weighted by Gasteiger charge is 2.52. The predicted molar refractivity (Wildman–Crippen MR) is 70.3 cm³/mol. The molecule has 0 spiro atoms. The highest BCUT2D eigenvalue weighted by Crippen LogP contribution is 2.55. The minimum Gasteiger partial charge on any atom is -0.297 e. The number of benzene rings is 1. The van der Waals surface area contributed by atoms with Crippen LogP contribution in [0, 0.1) is 0 Å². The second kappa shape index (κ2) is 3.52. The van der Waals surface area contributed by atoms with Crippen LogP contribution in [-0.4, -0.2) is 53.5 Å². The summed E-state index contributed by atoms with van der Waals surface area (Å²) in [7, 11) is 2.67. The van der Waals surface area contributed by atoms with Crippen molar-refractivity contribution >= 4 is 7.92 Å². The van der Waals surface area contributed by atoms with Crippen LogP contribution in [0.5, 0.6) is 0 Å². The first kappa shape index (κ1) is 10.5.